The van der Waals surface area contributed by atoms with E-state index in [1.807, 2.05) is 6.20 Å². The van der Waals surface area contributed by atoms with E-state index in [1.165, 1.54) is 37.1 Å². The summed E-state index contributed by atoms with van der Waals surface area (Å²) in [6, 6.07) is 2.10. The third-order valence-electron chi connectivity index (χ3n) is 4.02. The van der Waals surface area contributed by atoms with Gasteiger partial charge in [0.05, 0.1) is 13.3 Å². The van der Waals surface area contributed by atoms with Crippen LogP contribution < -0.4 is 4.74 Å². The molecule has 3 rings (SSSR count). The van der Waals surface area contributed by atoms with Crippen molar-refractivity contribution in [2.24, 2.45) is 11.8 Å². The molecule has 0 amide bonds. The van der Waals surface area contributed by atoms with Gasteiger partial charge in [-0.1, -0.05) is 6.08 Å². The Morgan fingerprint density at radius 1 is 1.33 bits per heavy atom. The summed E-state index contributed by atoms with van der Waals surface area (Å²) >= 11 is 0. The normalized spacial score (nSPS) is 27.8. The zero-order valence-corrected chi connectivity index (χ0v) is 11.1. The maximum atomic E-state index is 5.26. The summed E-state index contributed by atoms with van der Waals surface area (Å²) in [5, 5.41) is 0. The number of piperidine rings is 1. The van der Waals surface area contributed by atoms with Crippen molar-refractivity contribution >= 4 is 5.57 Å². The molecule has 3 heteroatoms. The largest absolute Gasteiger partial charge is 0.495 e. The summed E-state index contributed by atoms with van der Waals surface area (Å²) < 4.78 is 5.26. The first-order valence-electron chi connectivity index (χ1n) is 6.63. The summed E-state index contributed by atoms with van der Waals surface area (Å²) in [4.78, 5) is 6.72. The molecule has 1 aromatic heterocycles. The van der Waals surface area contributed by atoms with Crippen LogP contribution in [0.25, 0.3) is 5.57 Å². The van der Waals surface area contributed by atoms with Crippen molar-refractivity contribution < 1.29 is 4.74 Å². The molecule has 18 heavy (non-hydrogen) atoms. The van der Waals surface area contributed by atoms with Crippen LogP contribution in [0.5, 0.6) is 5.75 Å². The molecule has 0 aromatic carbocycles. The number of rotatable bonds is 2. The van der Waals surface area contributed by atoms with Crippen LogP contribution in [-0.2, 0) is 0 Å². The molecule has 2 atom stereocenters. The van der Waals surface area contributed by atoms with Gasteiger partial charge >= 0.3 is 0 Å². The lowest BCUT2D eigenvalue weighted by molar-refractivity contribution is 0.170. The highest BCUT2D eigenvalue weighted by Gasteiger charge is 2.29. The molecule has 3 nitrogen and oxygen atoms in total. The minimum Gasteiger partial charge on any atom is -0.495 e. The number of allylic oxidation sites excluding steroid dienone is 1. The fraction of sp³-hybridized carbons (Fsp3) is 0.533. The first kappa shape index (κ1) is 11.7. The van der Waals surface area contributed by atoms with E-state index < -0.39 is 0 Å². The molecule has 1 aliphatic heterocycles. The molecule has 2 bridgehead atoms. The summed E-state index contributed by atoms with van der Waals surface area (Å²) in [5.41, 5.74) is 2.68. The lowest BCUT2D eigenvalue weighted by Crippen LogP contribution is -2.39. The second kappa shape index (κ2) is 4.73. The van der Waals surface area contributed by atoms with E-state index >= 15 is 0 Å². The second-order valence-corrected chi connectivity index (χ2v) is 5.59. The van der Waals surface area contributed by atoms with Crippen LogP contribution in [0.15, 0.2) is 24.5 Å². The van der Waals surface area contributed by atoms with Crippen molar-refractivity contribution in [2.75, 3.05) is 27.2 Å². The highest BCUT2D eigenvalue weighted by Crippen LogP contribution is 2.37. The van der Waals surface area contributed by atoms with Crippen LogP contribution in [0.3, 0.4) is 0 Å². The minimum atomic E-state index is 0.712. The van der Waals surface area contributed by atoms with Gasteiger partial charge in [0.25, 0.3) is 0 Å². The van der Waals surface area contributed by atoms with E-state index in [0.29, 0.717) is 5.92 Å². The van der Waals surface area contributed by atoms with Crippen molar-refractivity contribution in [2.45, 2.75) is 12.8 Å². The van der Waals surface area contributed by atoms with E-state index in [1.54, 1.807) is 13.3 Å². The maximum absolute atomic E-state index is 5.26. The number of ether oxygens (including phenoxy) is 1. The van der Waals surface area contributed by atoms with E-state index in [-0.39, 0.29) is 0 Å². The van der Waals surface area contributed by atoms with E-state index in [9.17, 15) is 0 Å². The number of aromatic nitrogens is 1. The van der Waals surface area contributed by atoms with Crippen molar-refractivity contribution in [1.82, 2.24) is 9.88 Å². The first-order valence-corrected chi connectivity index (χ1v) is 6.63. The van der Waals surface area contributed by atoms with Crippen LogP contribution in [0.2, 0.25) is 0 Å². The molecule has 1 aromatic rings. The molecule has 2 aliphatic rings. The fourth-order valence-corrected chi connectivity index (χ4v) is 3.35. The number of pyridine rings is 1. The average Bonchev–Trinajstić information content (AvgIpc) is 2.37. The van der Waals surface area contributed by atoms with Crippen molar-refractivity contribution in [1.29, 1.82) is 0 Å². The summed E-state index contributed by atoms with van der Waals surface area (Å²) in [6.45, 7) is 2.42. The molecule has 1 fully saturated rings. The Morgan fingerprint density at radius 2 is 2.22 bits per heavy atom. The smallest absolute Gasteiger partial charge is 0.137 e. The van der Waals surface area contributed by atoms with E-state index in [0.717, 1.165) is 11.7 Å². The average molecular weight is 244 g/mol. The Labute approximate surface area is 108 Å². The summed E-state index contributed by atoms with van der Waals surface area (Å²) in [5.74, 6) is 2.37. The molecule has 0 radical (unpaired) electrons. The van der Waals surface area contributed by atoms with E-state index in [4.69, 9.17) is 4.74 Å². The Kier molecular flexibility index (Phi) is 3.08. The molecule has 0 unspecified atom stereocenters. The van der Waals surface area contributed by atoms with Gasteiger partial charge in [-0.2, -0.15) is 0 Å². The molecular weight excluding hydrogens is 224 g/mol. The van der Waals surface area contributed by atoms with Crippen LogP contribution in [0.1, 0.15) is 18.4 Å². The Balaban J connectivity index is 1.88. The van der Waals surface area contributed by atoms with Gasteiger partial charge in [0.1, 0.15) is 5.75 Å². The molecule has 0 saturated carbocycles. The van der Waals surface area contributed by atoms with Crippen molar-refractivity contribution in [3.05, 3.63) is 30.1 Å². The number of hydrogen-bond donors (Lipinski definition) is 0. The lowest BCUT2D eigenvalue weighted by atomic mass is 9.77. The molecule has 1 aliphatic carbocycles. The second-order valence-electron chi connectivity index (χ2n) is 5.59. The zero-order valence-electron chi connectivity index (χ0n) is 11.1. The summed E-state index contributed by atoms with van der Waals surface area (Å²) in [6.07, 6.45) is 8.70. The predicted molar refractivity (Wildman–Crippen MR) is 72.5 cm³/mol. The Bertz CT molecular complexity index is 469. The van der Waals surface area contributed by atoms with Gasteiger partial charge < -0.3 is 9.64 Å². The molecular formula is C15H20N2O. The highest BCUT2D eigenvalue weighted by atomic mass is 16.5. The van der Waals surface area contributed by atoms with Gasteiger partial charge in [-0.05, 0) is 48.9 Å². The first-order chi connectivity index (χ1) is 8.74. The minimum absolute atomic E-state index is 0.712. The van der Waals surface area contributed by atoms with Crippen LogP contribution in [0.4, 0.5) is 0 Å². The van der Waals surface area contributed by atoms with E-state index in [2.05, 4.69) is 29.1 Å². The number of methoxy groups -OCH3 is 1. The van der Waals surface area contributed by atoms with Crippen LogP contribution in [-0.4, -0.2) is 37.1 Å². The number of hydrogen-bond acceptors (Lipinski definition) is 3. The Hall–Kier alpha value is -1.35. The van der Waals surface area contributed by atoms with Gasteiger partial charge in [0, 0.05) is 19.3 Å². The molecule has 96 valence electrons. The number of nitrogens with zero attached hydrogens (tertiary/aromatic N) is 2. The third-order valence-corrected chi connectivity index (χ3v) is 4.02. The predicted octanol–water partition coefficient (Wildman–Crippen LogP) is 2.45. The summed E-state index contributed by atoms with van der Waals surface area (Å²) in [7, 11) is 3.92. The Morgan fingerprint density at radius 3 is 3.00 bits per heavy atom. The zero-order chi connectivity index (χ0) is 12.5. The van der Waals surface area contributed by atoms with Gasteiger partial charge in [-0.15, -0.1) is 0 Å². The number of likely N-dealkylation sites (tertiary alicyclic amines) is 1. The monoisotopic (exact) mass is 244 g/mol. The molecule has 2 heterocycles. The molecule has 0 spiro atoms. The quantitative estimate of drug-likeness (QED) is 0.799. The standard InChI is InChI=1S/C15H20N2O/c1-17-9-11-3-12(10-17)5-13(4-11)14-6-15(18-2)8-16-7-14/h4,6-8,11-12H,3,5,9-10H2,1-2H3/t11-,12+/m1/s1. The van der Waals surface area contributed by atoms with Crippen molar-refractivity contribution in [3.63, 3.8) is 0 Å². The lowest BCUT2D eigenvalue weighted by Gasteiger charge is -2.38. The SMILES string of the molecule is COc1cncc(C2=C[C@H]3C[C@@H](C2)CN(C)C3)c1. The fourth-order valence-electron chi connectivity index (χ4n) is 3.35. The van der Waals surface area contributed by atoms with Gasteiger partial charge in [0.15, 0.2) is 0 Å². The van der Waals surface area contributed by atoms with Gasteiger partial charge in [-0.25, -0.2) is 0 Å². The number of fused-ring (bicyclic) bond motifs is 2. The van der Waals surface area contributed by atoms with Gasteiger partial charge in [0.2, 0.25) is 0 Å². The highest BCUT2D eigenvalue weighted by molar-refractivity contribution is 5.67. The molecule has 1 saturated heterocycles. The molecule has 0 N–H and O–H groups in total. The van der Waals surface area contributed by atoms with Gasteiger partial charge in [-0.3, -0.25) is 4.98 Å². The van der Waals surface area contributed by atoms with Crippen molar-refractivity contribution in [3.8, 4) is 5.75 Å². The topological polar surface area (TPSA) is 25.4 Å². The third kappa shape index (κ3) is 2.27. The maximum Gasteiger partial charge on any atom is 0.137 e. The van der Waals surface area contributed by atoms with Crippen LogP contribution in [0, 0.1) is 11.8 Å². The van der Waals surface area contributed by atoms with Crippen LogP contribution >= 0.6 is 0 Å².